The van der Waals surface area contributed by atoms with E-state index in [2.05, 4.69) is 20.3 Å². The highest BCUT2D eigenvalue weighted by Crippen LogP contribution is 2.30. The standard InChI is InChI=1S/C22H19F3N6O/c1-12(26)20-30-18(19-13(2)27-9-10-31(19)20)14-3-5-15(6-4-14)21(32)29-17-11-16(7-8-28-17)22(23,24)25/h3-12H,26H2,1-2H3,(H,28,29,32)/t12-/m0/s1. The van der Waals surface area contributed by atoms with Crippen LogP contribution in [0.4, 0.5) is 19.0 Å². The molecule has 10 heteroatoms. The van der Waals surface area contributed by atoms with Gasteiger partial charge in [0.1, 0.15) is 11.6 Å². The van der Waals surface area contributed by atoms with Gasteiger partial charge in [-0.1, -0.05) is 12.1 Å². The fourth-order valence-corrected chi connectivity index (χ4v) is 3.39. The molecule has 164 valence electrons. The first-order chi connectivity index (χ1) is 15.1. The number of benzene rings is 1. The highest BCUT2D eigenvalue weighted by atomic mass is 19.4. The average molecular weight is 440 g/mol. The molecular weight excluding hydrogens is 421 g/mol. The van der Waals surface area contributed by atoms with Crippen molar-refractivity contribution in [3.8, 4) is 11.3 Å². The molecule has 0 saturated carbocycles. The Balaban J connectivity index is 1.63. The van der Waals surface area contributed by atoms with Crippen LogP contribution in [0.3, 0.4) is 0 Å². The molecule has 4 aromatic rings. The lowest BCUT2D eigenvalue weighted by molar-refractivity contribution is -0.137. The van der Waals surface area contributed by atoms with E-state index >= 15 is 0 Å². The van der Waals surface area contributed by atoms with Crippen LogP contribution < -0.4 is 11.1 Å². The number of carbonyl (C=O) groups is 1. The number of nitrogens with two attached hydrogens (primary N) is 1. The number of anilines is 1. The van der Waals surface area contributed by atoms with Crippen molar-refractivity contribution in [2.75, 3.05) is 5.32 Å². The second-order valence-corrected chi connectivity index (χ2v) is 7.30. The van der Waals surface area contributed by atoms with Crippen molar-refractivity contribution in [2.24, 2.45) is 5.73 Å². The fourth-order valence-electron chi connectivity index (χ4n) is 3.39. The molecular formula is C22H19F3N6O. The molecule has 1 aromatic carbocycles. The first kappa shape index (κ1) is 21.4. The molecule has 0 spiro atoms. The molecule has 0 aliphatic rings. The number of aromatic nitrogens is 4. The van der Waals surface area contributed by atoms with Gasteiger partial charge in [-0.3, -0.25) is 14.2 Å². The minimum absolute atomic E-state index is 0.183. The van der Waals surface area contributed by atoms with Crippen molar-refractivity contribution in [3.05, 3.63) is 77.6 Å². The summed E-state index contributed by atoms with van der Waals surface area (Å²) in [5.41, 5.74) is 8.45. The zero-order chi connectivity index (χ0) is 23.0. The molecule has 0 bridgehead atoms. The number of rotatable bonds is 4. The lowest BCUT2D eigenvalue weighted by atomic mass is 10.1. The number of carbonyl (C=O) groups excluding carboxylic acids is 1. The van der Waals surface area contributed by atoms with Crippen LogP contribution in [-0.4, -0.2) is 25.3 Å². The van der Waals surface area contributed by atoms with Gasteiger partial charge in [0.25, 0.3) is 5.91 Å². The van der Waals surface area contributed by atoms with E-state index < -0.39 is 17.6 Å². The Morgan fingerprint density at radius 2 is 1.84 bits per heavy atom. The molecule has 0 aliphatic carbocycles. The number of amides is 1. The van der Waals surface area contributed by atoms with Crippen LogP contribution in [0, 0.1) is 6.92 Å². The summed E-state index contributed by atoms with van der Waals surface area (Å²) in [4.78, 5) is 25.3. The van der Waals surface area contributed by atoms with Gasteiger partial charge in [-0.25, -0.2) is 9.97 Å². The van der Waals surface area contributed by atoms with Gasteiger partial charge >= 0.3 is 6.18 Å². The maximum absolute atomic E-state index is 12.9. The van der Waals surface area contributed by atoms with Crippen LogP contribution in [0.2, 0.25) is 0 Å². The maximum Gasteiger partial charge on any atom is 0.416 e. The van der Waals surface area contributed by atoms with Crippen molar-refractivity contribution in [1.82, 2.24) is 19.4 Å². The SMILES string of the molecule is Cc1nccn2c([C@H](C)N)nc(-c3ccc(C(=O)Nc4cc(C(F)(F)F)ccn4)cc3)c12. The molecule has 3 heterocycles. The van der Waals surface area contributed by atoms with Gasteiger partial charge in [0.05, 0.1) is 28.5 Å². The number of hydrogen-bond donors (Lipinski definition) is 2. The second-order valence-electron chi connectivity index (χ2n) is 7.30. The zero-order valence-corrected chi connectivity index (χ0v) is 17.2. The van der Waals surface area contributed by atoms with Gasteiger partial charge in [0.2, 0.25) is 0 Å². The van der Waals surface area contributed by atoms with Gasteiger partial charge < -0.3 is 11.1 Å². The van der Waals surface area contributed by atoms with E-state index in [1.54, 1.807) is 36.7 Å². The van der Waals surface area contributed by atoms with E-state index in [0.29, 0.717) is 11.5 Å². The maximum atomic E-state index is 12.9. The van der Waals surface area contributed by atoms with Gasteiger partial charge in [0, 0.05) is 29.7 Å². The van der Waals surface area contributed by atoms with Crippen LogP contribution in [0.1, 0.15) is 40.4 Å². The minimum Gasteiger partial charge on any atom is -0.322 e. The van der Waals surface area contributed by atoms with Crippen molar-refractivity contribution in [3.63, 3.8) is 0 Å². The van der Waals surface area contributed by atoms with E-state index in [9.17, 15) is 18.0 Å². The third kappa shape index (κ3) is 4.04. The first-order valence-corrected chi connectivity index (χ1v) is 9.69. The number of imidazole rings is 1. The van der Waals surface area contributed by atoms with Crippen LogP contribution in [0.25, 0.3) is 16.8 Å². The summed E-state index contributed by atoms with van der Waals surface area (Å²) in [6, 6.07) is 7.90. The van der Waals surface area contributed by atoms with Crippen LogP contribution in [0.5, 0.6) is 0 Å². The molecule has 0 fully saturated rings. The number of aryl methyl sites for hydroxylation is 1. The smallest absolute Gasteiger partial charge is 0.322 e. The molecule has 0 aliphatic heterocycles. The molecule has 1 amide bonds. The molecule has 4 rings (SSSR count). The zero-order valence-electron chi connectivity index (χ0n) is 17.2. The molecule has 0 saturated heterocycles. The first-order valence-electron chi connectivity index (χ1n) is 9.69. The Hall–Kier alpha value is -3.79. The number of nitrogens with zero attached hydrogens (tertiary/aromatic N) is 4. The summed E-state index contributed by atoms with van der Waals surface area (Å²) in [7, 11) is 0. The van der Waals surface area contributed by atoms with Crippen molar-refractivity contribution < 1.29 is 18.0 Å². The number of pyridine rings is 1. The van der Waals surface area contributed by atoms with Gasteiger partial charge in [-0.05, 0) is 38.1 Å². The number of fused-ring (bicyclic) bond motifs is 1. The Labute approximate surface area is 181 Å². The Morgan fingerprint density at radius 3 is 2.50 bits per heavy atom. The lowest BCUT2D eigenvalue weighted by Gasteiger charge is -2.09. The predicted molar refractivity (Wildman–Crippen MR) is 113 cm³/mol. The Bertz CT molecular complexity index is 1300. The second kappa shape index (κ2) is 8.04. The third-order valence-electron chi connectivity index (χ3n) is 4.92. The number of nitrogens with one attached hydrogen (secondary N) is 1. The summed E-state index contributed by atoms with van der Waals surface area (Å²) in [6.45, 7) is 3.71. The molecule has 3 aromatic heterocycles. The fraction of sp³-hybridized carbons (Fsp3) is 0.182. The summed E-state index contributed by atoms with van der Waals surface area (Å²) in [6.07, 6.45) is -0.0572. The normalized spacial score (nSPS) is 12.7. The molecule has 7 nitrogen and oxygen atoms in total. The average Bonchev–Trinajstić information content (AvgIpc) is 3.15. The van der Waals surface area contributed by atoms with Gasteiger partial charge in [0.15, 0.2) is 0 Å². The quantitative estimate of drug-likeness (QED) is 0.491. The van der Waals surface area contributed by atoms with E-state index in [4.69, 9.17) is 5.73 Å². The molecule has 1 atom stereocenters. The lowest BCUT2D eigenvalue weighted by Crippen LogP contribution is -2.14. The van der Waals surface area contributed by atoms with Crippen LogP contribution >= 0.6 is 0 Å². The Morgan fingerprint density at radius 1 is 1.12 bits per heavy atom. The van der Waals surface area contributed by atoms with Gasteiger partial charge in [-0.2, -0.15) is 13.2 Å². The number of halogens is 3. The summed E-state index contributed by atoms with van der Waals surface area (Å²) >= 11 is 0. The van der Waals surface area contributed by atoms with E-state index in [0.717, 1.165) is 35.1 Å². The Kier molecular flexibility index (Phi) is 5.39. The van der Waals surface area contributed by atoms with Gasteiger partial charge in [-0.15, -0.1) is 0 Å². The minimum atomic E-state index is -4.52. The third-order valence-corrected chi connectivity index (χ3v) is 4.92. The van der Waals surface area contributed by atoms with Crippen molar-refractivity contribution >= 4 is 17.2 Å². The van der Waals surface area contributed by atoms with Crippen molar-refractivity contribution in [1.29, 1.82) is 0 Å². The molecule has 32 heavy (non-hydrogen) atoms. The monoisotopic (exact) mass is 440 g/mol. The molecule has 3 N–H and O–H groups in total. The summed E-state index contributed by atoms with van der Waals surface area (Å²) in [5.74, 6) is -0.0811. The highest BCUT2D eigenvalue weighted by Gasteiger charge is 2.30. The van der Waals surface area contributed by atoms with Crippen LogP contribution in [0.15, 0.2) is 55.0 Å². The largest absolute Gasteiger partial charge is 0.416 e. The predicted octanol–water partition coefficient (Wildman–Crippen LogP) is 4.39. The molecule has 0 radical (unpaired) electrons. The summed E-state index contributed by atoms with van der Waals surface area (Å²) in [5, 5.41) is 2.39. The molecule has 0 unspecified atom stereocenters. The van der Waals surface area contributed by atoms with E-state index in [1.165, 1.54) is 0 Å². The summed E-state index contributed by atoms with van der Waals surface area (Å²) < 4.78 is 40.5. The highest BCUT2D eigenvalue weighted by molar-refractivity contribution is 6.04. The number of hydrogen-bond acceptors (Lipinski definition) is 5. The van der Waals surface area contributed by atoms with E-state index in [1.807, 2.05) is 18.2 Å². The number of alkyl halides is 3. The van der Waals surface area contributed by atoms with Crippen molar-refractivity contribution in [2.45, 2.75) is 26.1 Å². The van der Waals surface area contributed by atoms with Crippen LogP contribution in [-0.2, 0) is 6.18 Å². The topological polar surface area (TPSA) is 98.2 Å². The van der Waals surface area contributed by atoms with E-state index in [-0.39, 0.29) is 17.4 Å².